The highest BCUT2D eigenvalue weighted by Crippen LogP contribution is 2.33. The summed E-state index contributed by atoms with van der Waals surface area (Å²) < 4.78 is 32.1. The van der Waals surface area contributed by atoms with Crippen molar-refractivity contribution in [1.29, 1.82) is 0 Å². The van der Waals surface area contributed by atoms with Crippen molar-refractivity contribution in [3.05, 3.63) is 47.2 Å². The van der Waals surface area contributed by atoms with E-state index in [1.165, 1.54) is 0 Å². The van der Waals surface area contributed by atoms with Gasteiger partial charge >= 0.3 is 0 Å². The topological polar surface area (TPSA) is 56.3 Å². The van der Waals surface area contributed by atoms with Crippen LogP contribution in [0, 0.1) is 26.7 Å². The maximum atomic E-state index is 13.2. The molecule has 4 nitrogen and oxygen atoms in total. The number of ether oxygens (including phenoxy) is 1. The van der Waals surface area contributed by atoms with E-state index in [0.717, 1.165) is 12.1 Å². The predicted octanol–water partition coefficient (Wildman–Crippen LogP) is 4.26. The fourth-order valence-electron chi connectivity index (χ4n) is 2.57. The van der Waals surface area contributed by atoms with E-state index in [1.54, 1.807) is 38.1 Å². The molecule has 130 valence electrons. The second-order valence-corrected chi connectivity index (χ2v) is 8.37. The Hall–Kier alpha value is -1.88. The number of nitrogens with zero attached hydrogens (tertiary/aromatic N) is 1. The summed E-state index contributed by atoms with van der Waals surface area (Å²) in [7, 11) is -3.69. The molecule has 0 unspecified atom stereocenters. The molecule has 0 saturated carbocycles. The minimum Gasteiger partial charge on any atom is -0.477 e. The number of benzene rings is 1. The Morgan fingerprint density at radius 1 is 1.08 bits per heavy atom. The van der Waals surface area contributed by atoms with Crippen molar-refractivity contribution in [2.75, 3.05) is 6.61 Å². The fraction of sp³-hybridized carbons (Fsp3) is 0.421. The zero-order chi connectivity index (χ0) is 17.9. The zero-order valence-electron chi connectivity index (χ0n) is 15.0. The van der Waals surface area contributed by atoms with Gasteiger partial charge in [-0.15, -0.1) is 0 Å². The van der Waals surface area contributed by atoms with Crippen LogP contribution in [-0.2, 0) is 9.84 Å². The molecule has 0 radical (unpaired) electrons. The van der Waals surface area contributed by atoms with Crippen LogP contribution >= 0.6 is 0 Å². The van der Waals surface area contributed by atoms with Gasteiger partial charge in [0.2, 0.25) is 15.7 Å². The van der Waals surface area contributed by atoms with Crippen molar-refractivity contribution in [2.24, 2.45) is 5.92 Å². The monoisotopic (exact) mass is 347 g/mol. The van der Waals surface area contributed by atoms with Gasteiger partial charge in [0, 0.05) is 5.69 Å². The van der Waals surface area contributed by atoms with Crippen molar-refractivity contribution in [2.45, 2.75) is 50.8 Å². The van der Waals surface area contributed by atoms with Gasteiger partial charge < -0.3 is 4.74 Å². The van der Waals surface area contributed by atoms with Crippen LogP contribution in [0.4, 0.5) is 0 Å². The van der Waals surface area contributed by atoms with E-state index >= 15 is 0 Å². The second kappa shape index (κ2) is 7.34. The van der Waals surface area contributed by atoms with E-state index in [4.69, 9.17) is 4.74 Å². The van der Waals surface area contributed by atoms with Gasteiger partial charge in [-0.2, -0.15) is 0 Å². The molecule has 0 saturated heterocycles. The van der Waals surface area contributed by atoms with Gasteiger partial charge in [-0.25, -0.2) is 13.4 Å². The van der Waals surface area contributed by atoms with Gasteiger partial charge in [0.05, 0.1) is 11.5 Å². The Morgan fingerprint density at radius 3 is 2.38 bits per heavy atom. The Morgan fingerprint density at radius 2 is 1.75 bits per heavy atom. The summed E-state index contributed by atoms with van der Waals surface area (Å²) >= 11 is 0. The van der Waals surface area contributed by atoms with Crippen LogP contribution in [0.5, 0.6) is 5.88 Å². The molecule has 0 bridgehead atoms. The van der Waals surface area contributed by atoms with E-state index in [-0.39, 0.29) is 10.8 Å². The molecule has 0 fully saturated rings. The first-order valence-electron chi connectivity index (χ1n) is 8.15. The summed E-state index contributed by atoms with van der Waals surface area (Å²) in [6.45, 7) is 10.1. The predicted molar refractivity (Wildman–Crippen MR) is 95.3 cm³/mol. The zero-order valence-corrected chi connectivity index (χ0v) is 15.8. The highest BCUT2D eigenvalue weighted by molar-refractivity contribution is 7.91. The highest BCUT2D eigenvalue weighted by Gasteiger charge is 2.27. The molecule has 0 atom stereocenters. The maximum Gasteiger partial charge on any atom is 0.233 e. The van der Waals surface area contributed by atoms with Crippen molar-refractivity contribution < 1.29 is 13.2 Å². The summed E-state index contributed by atoms with van der Waals surface area (Å²) in [5, 5.41) is 0. The molecular formula is C19H25NO3S. The van der Waals surface area contributed by atoms with E-state index < -0.39 is 9.84 Å². The Labute approximate surface area is 144 Å². The molecule has 1 aromatic heterocycles. The van der Waals surface area contributed by atoms with Gasteiger partial charge in [-0.05, 0) is 56.4 Å². The number of pyridine rings is 1. The molecule has 1 heterocycles. The van der Waals surface area contributed by atoms with Crippen LogP contribution in [0.15, 0.2) is 40.1 Å². The quantitative estimate of drug-likeness (QED) is 0.783. The second-order valence-electron chi connectivity index (χ2n) is 6.51. The number of aromatic nitrogens is 1. The SMILES string of the molecule is Cc1cc(C)c(S(=O)(=O)c2ccccc2C)c(OCCC(C)C)n1. The molecule has 0 aliphatic heterocycles. The summed E-state index contributed by atoms with van der Waals surface area (Å²) in [5.41, 5.74) is 2.12. The van der Waals surface area contributed by atoms with Crippen molar-refractivity contribution >= 4 is 9.84 Å². The summed E-state index contributed by atoms with van der Waals surface area (Å²) in [5.74, 6) is 0.684. The van der Waals surface area contributed by atoms with E-state index in [9.17, 15) is 8.42 Å². The third-order valence-corrected chi connectivity index (χ3v) is 5.91. The first-order valence-corrected chi connectivity index (χ1v) is 9.63. The van der Waals surface area contributed by atoms with Crippen LogP contribution < -0.4 is 4.74 Å². The highest BCUT2D eigenvalue weighted by atomic mass is 32.2. The van der Waals surface area contributed by atoms with Crippen LogP contribution in [-0.4, -0.2) is 20.0 Å². The first-order chi connectivity index (χ1) is 11.2. The van der Waals surface area contributed by atoms with Gasteiger partial charge in [-0.3, -0.25) is 0 Å². The number of rotatable bonds is 6. The van der Waals surface area contributed by atoms with E-state index in [0.29, 0.717) is 28.5 Å². The standard InChI is InChI=1S/C19H25NO3S/c1-13(2)10-11-23-19-18(15(4)12-16(5)20-19)24(21,22)17-9-7-6-8-14(17)3/h6-9,12-13H,10-11H2,1-5H3. The fourth-order valence-corrected chi connectivity index (χ4v) is 4.36. The number of sulfone groups is 1. The maximum absolute atomic E-state index is 13.2. The average molecular weight is 347 g/mol. The van der Waals surface area contributed by atoms with Gasteiger partial charge in [0.25, 0.3) is 0 Å². The minimum atomic E-state index is -3.69. The normalized spacial score (nSPS) is 11.8. The molecule has 5 heteroatoms. The summed E-state index contributed by atoms with van der Waals surface area (Å²) in [4.78, 5) is 4.82. The third-order valence-electron chi connectivity index (χ3n) is 3.84. The molecular weight excluding hydrogens is 322 g/mol. The van der Waals surface area contributed by atoms with E-state index in [1.807, 2.05) is 13.0 Å². The van der Waals surface area contributed by atoms with Gasteiger partial charge in [-0.1, -0.05) is 32.0 Å². The first kappa shape index (κ1) is 18.5. The van der Waals surface area contributed by atoms with Crippen molar-refractivity contribution in [1.82, 2.24) is 4.98 Å². The van der Waals surface area contributed by atoms with Crippen LogP contribution in [0.2, 0.25) is 0 Å². The Bertz CT molecular complexity index is 827. The largest absolute Gasteiger partial charge is 0.477 e. The van der Waals surface area contributed by atoms with E-state index in [2.05, 4.69) is 18.8 Å². The minimum absolute atomic E-state index is 0.172. The lowest BCUT2D eigenvalue weighted by Gasteiger charge is -2.16. The Kier molecular flexibility index (Phi) is 5.65. The van der Waals surface area contributed by atoms with Crippen LogP contribution in [0.25, 0.3) is 0 Å². The molecule has 0 spiro atoms. The molecule has 0 amide bonds. The summed E-state index contributed by atoms with van der Waals surface area (Å²) in [6, 6.07) is 8.76. The molecule has 2 rings (SSSR count). The van der Waals surface area contributed by atoms with Gasteiger partial charge in [0.1, 0.15) is 4.90 Å². The average Bonchev–Trinajstić information content (AvgIpc) is 2.46. The van der Waals surface area contributed by atoms with Gasteiger partial charge in [0.15, 0.2) is 0 Å². The number of hydrogen-bond donors (Lipinski definition) is 0. The lowest BCUT2D eigenvalue weighted by molar-refractivity contribution is 0.271. The number of aryl methyl sites for hydroxylation is 3. The lowest BCUT2D eigenvalue weighted by Crippen LogP contribution is -2.12. The molecule has 0 aliphatic rings. The van der Waals surface area contributed by atoms with Crippen LogP contribution in [0.3, 0.4) is 0 Å². The molecule has 0 N–H and O–H groups in total. The molecule has 0 aliphatic carbocycles. The summed E-state index contributed by atoms with van der Waals surface area (Å²) in [6.07, 6.45) is 0.846. The lowest BCUT2D eigenvalue weighted by atomic mass is 10.1. The van der Waals surface area contributed by atoms with Crippen molar-refractivity contribution in [3.63, 3.8) is 0 Å². The Balaban J connectivity index is 2.54. The van der Waals surface area contributed by atoms with Crippen molar-refractivity contribution in [3.8, 4) is 5.88 Å². The molecule has 1 aromatic carbocycles. The smallest absolute Gasteiger partial charge is 0.233 e. The van der Waals surface area contributed by atoms with Crippen LogP contribution in [0.1, 0.15) is 37.1 Å². The molecule has 2 aromatic rings. The number of hydrogen-bond acceptors (Lipinski definition) is 4. The third kappa shape index (κ3) is 3.96. The molecule has 24 heavy (non-hydrogen) atoms.